The van der Waals surface area contributed by atoms with Gasteiger partial charge in [-0.25, -0.2) is 0 Å². The average molecular weight is 265 g/mol. The Morgan fingerprint density at radius 2 is 2.12 bits per heavy atom. The van der Waals surface area contributed by atoms with Crippen molar-refractivity contribution < 1.29 is 19.8 Å². The Kier molecular flexibility index (Phi) is 9.53. The largest absolute Gasteiger partial charge is 0.480 e. The second-order valence-corrected chi connectivity index (χ2v) is 4.75. The number of thioether (sulfide) groups is 1. The highest BCUT2D eigenvalue weighted by Crippen LogP contribution is 2.18. The average Bonchev–Trinajstić information content (AvgIpc) is 2.61. The molecule has 0 bridgehead atoms. The van der Waals surface area contributed by atoms with Crippen molar-refractivity contribution in [3.63, 3.8) is 0 Å². The third kappa shape index (κ3) is 6.88. The zero-order valence-corrected chi connectivity index (χ0v) is 11.6. The van der Waals surface area contributed by atoms with Gasteiger partial charge in [0, 0.05) is 6.42 Å². The molecule has 0 aromatic heterocycles. The predicted molar refractivity (Wildman–Crippen MR) is 69.1 cm³/mol. The fourth-order valence-corrected chi connectivity index (χ4v) is 1.48. The quantitative estimate of drug-likeness (QED) is 0.728. The Morgan fingerprint density at radius 1 is 1.53 bits per heavy atom. The number of carboxylic acids is 1. The maximum absolute atomic E-state index is 10.8. The van der Waals surface area contributed by atoms with Gasteiger partial charge < -0.3 is 10.2 Å². The lowest BCUT2D eigenvalue weighted by atomic mass is 10.2. The van der Waals surface area contributed by atoms with E-state index in [1.54, 1.807) is 11.8 Å². The molecule has 0 aromatic carbocycles. The predicted octanol–water partition coefficient (Wildman–Crippen LogP) is 1.22. The minimum atomic E-state index is -0.932. The summed E-state index contributed by atoms with van der Waals surface area (Å²) in [6.45, 7) is 2.85. The van der Waals surface area contributed by atoms with Crippen LogP contribution in [0.25, 0.3) is 0 Å². The number of hydrogen-bond donors (Lipinski definition) is 2. The molecule has 1 rings (SSSR count). The summed E-state index contributed by atoms with van der Waals surface area (Å²) in [4.78, 5) is 16.0. The van der Waals surface area contributed by atoms with Crippen LogP contribution < -0.4 is 0 Å². The van der Waals surface area contributed by atoms with Crippen LogP contribution in [0.5, 0.6) is 0 Å². The highest BCUT2D eigenvalue weighted by Gasteiger charge is 2.36. The van der Waals surface area contributed by atoms with Gasteiger partial charge >= 0.3 is 5.97 Å². The molecule has 0 saturated carbocycles. The second kappa shape index (κ2) is 9.70. The highest BCUT2D eigenvalue weighted by molar-refractivity contribution is 7.97. The Hall–Kier alpha value is -0.300. The van der Waals surface area contributed by atoms with Crippen LogP contribution in [0.15, 0.2) is 0 Å². The molecular weight excluding hydrogens is 242 g/mol. The second-order valence-electron chi connectivity index (χ2n) is 3.94. The summed E-state index contributed by atoms with van der Waals surface area (Å²) in [6.07, 6.45) is 5.66. The van der Waals surface area contributed by atoms with Crippen molar-refractivity contribution >= 4 is 17.7 Å². The Labute approximate surface area is 107 Å². The first-order valence-electron chi connectivity index (χ1n) is 5.77. The highest BCUT2D eigenvalue weighted by atomic mass is 32.2. The van der Waals surface area contributed by atoms with Crippen molar-refractivity contribution in [3.05, 3.63) is 0 Å². The van der Waals surface area contributed by atoms with E-state index in [4.69, 9.17) is 9.94 Å². The van der Waals surface area contributed by atoms with Crippen molar-refractivity contribution in [2.45, 2.75) is 38.3 Å². The monoisotopic (exact) mass is 265 g/mol. The van der Waals surface area contributed by atoms with Gasteiger partial charge in [0.25, 0.3) is 0 Å². The first kappa shape index (κ1) is 16.7. The summed E-state index contributed by atoms with van der Waals surface area (Å²) in [7, 11) is 0. The van der Waals surface area contributed by atoms with Crippen molar-refractivity contribution in [1.82, 2.24) is 5.06 Å². The van der Waals surface area contributed by atoms with E-state index in [2.05, 4.69) is 0 Å². The molecule has 1 saturated heterocycles. The molecule has 1 unspecified atom stereocenters. The van der Waals surface area contributed by atoms with E-state index in [0.717, 1.165) is 12.8 Å². The van der Waals surface area contributed by atoms with E-state index < -0.39 is 18.1 Å². The molecule has 0 aromatic rings. The van der Waals surface area contributed by atoms with Gasteiger partial charge in [0.05, 0.1) is 19.3 Å². The normalized spacial score (nSPS) is 24.2. The standard InChI is InChI=1S/C9H17NO4.C2H6S/c1-2-3-4-14-10-6-7(11)5-8(10)9(12)13;1-3-2/h7-8,11H,2-6H2,1H3,(H,12,13);1-2H3/t7-,8?;/m0./s1. The number of hydroxylamine groups is 2. The first-order valence-corrected chi connectivity index (χ1v) is 7.40. The maximum atomic E-state index is 10.8. The van der Waals surface area contributed by atoms with E-state index in [0.29, 0.717) is 13.2 Å². The van der Waals surface area contributed by atoms with Crippen LogP contribution in [0, 0.1) is 0 Å². The molecule has 1 aliphatic rings. The Morgan fingerprint density at radius 3 is 2.59 bits per heavy atom. The van der Waals surface area contributed by atoms with Crippen molar-refractivity contribution in [1.29, 1.82) is 0 Å². The van der Waals surface area contributed by atoms with Crippen LogP contribution >= 0.6 is 11.8 Å². The van der Waals surface area contributed by atoms with Gasteiger partial charge in [-0.3, -0.25) is 9.63 Å². The number of rotatable bonds is 5. The molecule has 0 aliphatic carbocycles. The van der Waals surface area contributed by atoms with Crippen molar-refractivity contribution in [3.8, 4) is 0 Å². The molecule has 1 fully saturated rings. The molecule has 1 heterocycles. The lowest BCUT2D eigenvalue weighted by Crippen LogP contribution is -2.36. The number of nitrogens with zero attached hydrogens (tertiary/aromatic N) is 1. The molecule has 2 atom stereocenters. The summed E-state index contributed by atoms with van der Waals surface area (Å²) in [5.41, 5.74) is 0. The molecule has 17 heavy (non-hydrogen) atoms. The van der Waals surface area contributed by atoms with Crippen LogP contribution in [-0.4, -0.2) is 59.1 Å². The van der Waals surface area contributed by atoms with E-state index in [9.17, 15) is 9.90 Å². The van der Waals surface area contributed by atoms with Crippen molar-refractivity contribution in [2.24, 2.45) is 0 Å². The molecule has 0 spiro atoms. The lowest BCUT2D eigenvalue weighted by molar-refractivity contribution is -0.188. The number of carboxylic acid groups (broad SMARTS) is 1. The number of aliphatic carboxylic acids is 1. The van der Waals surface area contributed by atoms with E-state index in [1.165, 1.54) is 5.06 Å². The number of unbranched alkanes of at least 4 members (excludes halogenated alkanes) is 1. The first-order chi connectivity index (χ1) is 8.06. The smallest absolute Gasteiger partial charge is 0.323 e. The third-order valence-corrected chi connectivity index (χ3v) is 2.27. The molecule has 1 aliphatic heterocycles. The molecule has 5 nitrogen and oxygen atoms in total. The van der Waals surface area contributed by atoms with Crippen LogP contribution in [0.2, 0.25) is 0 Å². The van der Waals surface area contributed by atoms with Gasteiger partial charge in [-0.15, -0.1) is 0 Å². The van der Waals surface area contributed by atoms with Gasteiger partial charge in [0.2, 0.25) is 0 Å². The van der Waals surface area contributed by atoms with Crippen LogP contribution in [-0.2, 0) is 9.63 Å². The Bertz CT molecular complexity index is 216. The Balaban J connectivity index is 0.000000770. The fourth-order valence-electron chi connectivity index (χ4n) is 1.48. The summed E-state index contributed by atoms with van der Waals surface area (Å²) in [5, 5.41) is 19.5. The molecule has 2 N–H and O–H groups in total. The number of hydrogen-bond acceptors (Lipinski definition) is 5. The van der Waals surface area contributed by atoms with E-state index in [1.807, 2.05) is 19.4 Å². The lowest BCUT2D eigenvalue weighted by Gasteiger charge is -2.19. The van der Waals surface area contributed by atoms with Gasteiger partial charge in [0.1, 0.15) is 6.04 Å². The molecule has 6 heteroatoms. The minimum absolute atomic E-state index is 0.251. The summed E-state index contributed by atoms with van der Waals surface area (Å²) in [6, 6.07) is -0.693. The SMILES string of the molecule is CCCCON1C[C@@H](O)CC1C(=O)O.CSC. The van der Waals surface area contributed by atoms with Gasteiger partial charge in [-0.2, -0.15) is 16.8 Å². The minimum Gasteiger partial charge on any atom is -0.480 e. The van der Waals surface area contributed by atoms with Crippen molar-refractivity contribution in [2.75, 3.05) is 25.7 Å². The van der Waals surface area contributed by atoms with Gasteiger partial charge in [-0.1, -0.05) is 13.3 Å². The van der Waals surface area contributed by atoms with Gasteiger partial charge in [-0.05, 0) is 18.9 Å². The molecule has 102 valence electrons. The molecular formula is C11H23NO4S. The van der Waals surface area contributed by atoms with E-state index >= 15 is 0 Å². The molecule has 0 radical (unpaired) electrons. The summed E-state index contributed by atoms with van der Waals surface area (Å²) < 4.78 is 0. The number of carbonyl (C=O) groups is 1. The maximum Gasteiger partial charge on any atom is 0.323 e. The van der Waals surface area contributed by atoms with E-state index in [-0.39, 0.29) is 6.42 Å². The zero-order valence-electron chi connectivity index (χ0n) is 10.8. The summed E-state index contributed by atoms with van der Waals surface area (Å²) >= 11 is 1.75. The topological polar surface area (TPSA) is 70.0 Å². The third-order valence-electron chi connectivity index (χ3n) is 2.27. The number of β-amino-alcohol motifs (C(OH)–C–C–N with tert-alkyl or cyclic N) is 1. The van der Waals surface area contributed by atoms with Crippen LogP contribution in [0.4, 0.5) is 0 Å². The number of aliphatic hydroxyl groups excluding tert-OH is 1. The van der Waals surface area contributed by atoms with Gasteiger partial charge in [0.15, 0.2) is 0 Å². The zero-order chi connectivity index (χ0) is 13.3. The summed E-state index contributed by atoms with van der Waals surface area (Å²) in [5.74, 6) is -0.932. The van der Waals surface area contributed by atoms with Crippen LogP contribution in [0.1, 0.15) is 26.2 Å². The fraction of sp³-hybridized carbons (Fsp3) is 0.909. The number of aliphatic hydroxyl groups is 1. The molecule has 0 amide bonds. The van der Waals surface area contributed by atoms with Crippen LogP contribution in [0.3, 0.4) is 0 Å².